The van der Waals surface area contributed by atoms with Crippen LogP contribution in [0.2, 0.25) is 0 Å². The van der Waals surface area contributed by atoms with Crippen molar-refractivity contribution in [2.45, 2.75) is 44.9 Å². The number of hydrogen-bond acceptors (Lipinski definition) is 4. The zero-order valence-corrected chi connectivity index (χ0v) is 11.9. The van der Waals surface area contributed by atoms with Gasteiger partial charge in [-0.2, -0.15) is 0 Å². The predicted octanol–water partition coefficient (Wildman–Crippen LogP) is 2.16. The zero-order valence-electron chi connectivity index (χ0n) is 11.9. The van der Waals surface area contributed by atoms with E-state index in [4.69, 9.17) is 9.47 Å². The van der Waals surface area contributed by atoms with Crippen molar-refractivity contribution < 1.29 is 9.47 Å². The summed E-state index contributed by atoms with van der Waals surface area (Å²) < 4.78 is 12.9. The molecule has 2 rings (SSSR count). The van der Waals surface area contributed by atoms with Gasteiger partial charge < -0.3 is 19.4 Å². The summed E-state index contributed by atoms with van der Waals surface area (Å²) in [7, 11) is 3.36. The molecule has 1 unspecified atom stereocenters. The molecule has 2 heterocycles. The van der Waals surface area contributed by atoms with Crippen LogP contribution in [0, 0.1) is 0 Å². The molecule has 0 saturated carbocycles. The Labute approximate surface area is 108 Å². The number of ether oxygens (including phenoxy) is 2. The minimum absolute atomic E-state index is 0.0478. The van der Waals surface area contributed by atoms with Crippen LogP contribution >= 0.6 is 0 Å². The molecule has 0 saturated heterocycles. The highest BCUT2D eigenvalue weighted by atomic mass is 16.7. The maximum Gasteiger partial charge on any atom is 0.203 e. The van der Waals surface area contributed by atoms with E-state index in [-0.39, 0.29) is 17.7 Å². The second-order valence-electron chi connectivity index (χ2n) is 5.73. The standard InChI is InChI=1S/C13H23N3O2/c1-13(2,3)10-8-16-9(11(17-4)18-5)6-7-14-12(16)15-10/h8-9,11H,6-7H2,1-5H3,(H,14,15). The first-order chi connectivity index (χ1) is 8.47. The molecular weight excluding hydrogens is 230 g/mol. The molecule has 5 heteroatoms. The molecule has 0 aliphatic carbocycles. The average molecular weight is 253 g/mol. The minimum atomic E-state index is -0.229. The molecule has 5 nitrogen and oxygen atoms in total. The van der Waals surface area contributed by atoms with Crippen molar-refractivity contribution in [3.63, 3.8) is 0 Å². The number of nitrogens with zero attached hydrogens (tertiary/aromatic N) is 2. The van der Waals surface area contributed by atoms with Crippen LogP contribution in [0.1, 0.15) is 38.9 Å². The fourth-order valence-corrected chi connectivity index (χ4v) is 2.29. The Balaban J connectivity index is 2.34. The summed E-state index contributed by atoms with van der Waals surface area (Å²) in [6.45, 7) is 7.40. The molecule has 1 aromatic rings. The summed E-state index contributed by atoms with van der Waals surface area (Å²) in [6, 6.07) is 0.180. The molecule has 1 aliphatic heterocycles. The van der Waals surface area contributed by atoms with Crippen molar-refractivity contribution in [1.29, 1.82) is 0 Å². The highest BCUT2D eigenvalue weighted by Crippen LogP contribution is 2.31. The summed E-state index contributed by atoms with van der Waals surface area (Å²) >= 11 is 0. The van der Waals surface area contributed by atoms with Gasteiger partial charge in [-0.1, -0.05) is 20.8 Å². The van der Waals surface area contributed by atoms with E-state index in [0.29, 0.717) is 0 Å². The minimum Gasteiger partial charge on any atom is -0.356 e. The maximum atomic E-state index is 5.39. The predicted molar refractivity (Wildman–Crippen MR) is 70.9 cm³/mol. The summed E-state index contributed by atoms with van der Waals surface area (Å²) in [6.07, 6.45) is 2.85. The molecule has 1 N–H and O–H groups in total. The van der Waals surface area contributed by atoms with Gasteiger partial charge in [-0.15, -0.1) is 0 Å². The van der Waals surface area contributed by atoms with Gasteiger partial charge in [0.1, 0.15) is 0 Å². The van der Waals surface area contributed by atoms with Crippen LogP contribution in [0.25, 0.3) is 0 Å². The Kier molecular flexibility index (Phi) is 3.64. The zero-order chi connectivity index (χ0) is 13.3. The molecule has 102 valence electrons. The molecule has 0 bridgehead atoms. The van der Waals surface area contributed by atoms with Crippen LogP contribution in [0.3, 0.4) is 0 Å². The lowest BCUT2D eigenvalue weighted by Crippen LogP contribution is -2.33. The Hall–Kier alpha value is -1.07. The van der Waals surface area contributed by atoms with Crippen LogP contribution in [0.15, 0.2) is 6.20 Å². The topological polar surface area (TPSA) is 48.3 Å². The monoisotopic (exact) mass is 253 g/mol. The largest absolute Gasteiger partial charge is 0.356 e. The average Bonchev–Trinajstić information content (AvgIpc) is 2.75. The number of aromatic nitrogens is 2. The maximum absolute atomic E-state index is 5.39. The van der Waals surface area contributed by atoms with E-state index in [1.807, 2.05) is 0 Å². The molecule has 0 radical (unpaired) electrons. The van der Waals surface area contributed by atoms with Crippen molar-refractivity contribution >= 4 is 5.95 Å². The van der Waals surface area contributed by atoms with Crippen LogP contribution in [0.5, 0.6) is 0 Å². The Morgan fingerprint density at radius 3 is 2.61 bits per heavy atom. The Morgan fingerprint density at radius 2 is 2.06 bits per heavy atom. The van der Waals surface area contributed by atoms with Gasteiger partial charge >= 0.3 is 0 Å². The Morgan fingerprint density at radius 1 is 1.39 bits per heavy atom. The van der Waals surface area contributed by atoms with Crippen molar-refractivity contribution in [1.82, 2.24) is 9.55 Å². The Bertz CT molecular complexity index is 405. The second-order valence-corrected chi connectivity index (χ2v) is 5.73. The number of anilines is 1. The van der Waals surface area contributed by atoms with E-state index in [0.717, 1.165) is 24.6 Å². The van der Waals surface area contributed by atoms with Crippen LogP contribution in [-0.2, 0) is 14.9 Å². The summed E-state index contributed by atoms with van der Waals surface area (Å²) in [5, 5.41) is 3.33. The third kappa shape index (κ3) is 2.37. The molecule has 0 fully saturated rings. The first kappa shape index (κ1) is 13.4. The van der Waals surface area contributed by atoms with E-state index in [2.05, 4.69) is 41.8 Å². The summed E-state index contributed by atoms with van der Waals surface area (Å²) in [5.41, 5.74) is 1.13. The first-order valence-corrected chi connectivity index (χ1v) is 6.36. The number of rotatable bonds is 3. The quantitative estimate of drug-likeness (QED) is 0.839. The van der Waals surface area contributed by atoms with E-state index in [1.165, 1.54) is 0 Å². The molecule has 0 aromatic carbocycles. The number of hydrogen-bond donors (Lipinski definition) is 1. The molecule has 1 aromatic heterocycles. The smallest absolute Gasteiger partial charge is 0.203 e. The van der Waals surface area contributed by atoms with Crippen molar-refractivity contribution in [2.24, 2.45) is 0 Å². The van der Waals surface area contributed by atoms with Crippen LogP contribution in [0.4, 0.5) is 5.95 Å². The van der Waals surface area contributed by atoms with Crippen molar-refractivity contribution in [2.75, 3.05) is 26.1 Å². The highest BCUT2D eigenvalue weighted by Gasteiger charge is 2.30. The number of fused-ring (bicyclic) bond motifs is 1. The third-order valence-corrected chi connectivity index (χ3v) is 3.36. The van der Waals surface area contributed by atoms with Gasteiger partial charge in [0.15, 0.2) is 6.29 Å². The fraction of sp³-hybridized carbons (Fsp3) is 0.769. The second kappa shape index (κ2) is 4.90. The molecule has 18 heavy (non-hydrogen) atoms. The van der Waals surface area contributed by atoms with Gasteiger partial charge in [-0.3, -0.25) is 0 Å². The van der Waals surface area contributed by atoms with Crippen molar-refractivity contribution in [3.05, 3.63) is 11.9 Å². The molecule has 0 spiro atoms. The van der Waals surface area contributed by atoms with Crippen LogP contribution < -0.4 is 5.32 Å². The number of methoxy groups -OCH3 is 2. The number of imidazole rings is 1. The summed E-state index contributed by atoms with van der Waals surface area (Å²) in [5.74, 6) is 0.912. The molecular formula is C13H23N3O2. The van der Waals surface area contributed by atoms with Crippen LogP contribution in [-0.4, -0.2) is 36.6 Å². The SMILES string of the molecule is COC(OC)C1CCNc2nc(C(C)(C)C)cn21. The van der Waals surface area contributed by atoms with Gasteiger partial charge in [0.2, 0.25) is 5.95 Å². The summed E-state index contributed by atoms with van der Waals surface area (Å²) in [4.78, 5) is 4.66. The normalized spacial score (nSPS) is 19.8. The van der Waals surface area contributed by atoms with E-state index in [1.54, 1.807) is 14.2 Å². The first-order valence-electron chi connectivity index (χ1n) is 6.36. The van der Waals surface area contributed by atoms with Gasteiger partial charge in [-0.25, -0.2) is 4.98 Å². The lowest BCUT2D eigenvalue weighted by atomic mass is 9.93. The fourth-order valence-electron chi connectivity index (χ4n) is 2.29. The molecule has 0 amide bonds. The lowest BCUT2D eigenvalue weighted by molar-refractivity contribution is -0.133. The van der Waals surface area contributed by atoms with Crippen molar-refractivity contribution in [3.8, 4) is 0 Å². The third-order valence-electron chi connectivity index (χ3n) is 3.36. The molecule has 1 atom stereocenters. The van der Waals surface area contributed by atoms with E-state index < -0.39 is 0 Å². The van der Waals surface area contributed by atoms with E-state index >= 15 is 0 Å². The van der Waals surface area contributed by atoms with Gasteiger partial charge in [0, 0.05) is 32.4 Å². The van der Waals surface area contributed by atoms with Gasteiger partial charge in [0.05, 0.1) is 11.7 Å². The highest BCUT2D eigenvalue weighted by molar-refractivity contribution is 5.34. The van der Waals surface area contributed by atoms with Gasteiger partial charge in [0.25, 0.3) is 0 Å². The van der Waals surface area contributed by atoms with Gasteiger partial charge in [-0.05, 0) is 6.42 Å². The number of nitrogens with one attached hydrogen (secondary N) is 1. The lowest BCUT2D eigenvalue weighted by Gasteiger charge is -2.30. The van der Waals surface area contributed by atoms with E-state index in [9.17, 15) is 0 Å². The molecule has 1 aliphatic rings.